The van der Waals surface area contributed by atoms with Crippen LogP contribution in [0.5, 0.6) is 5.75 Å². The number of nitrogens with zero attached hydrogens (tertiary/aromatic N) is 1. The zero-order valence-corrected chi connectivity index (χ0v) is 12.8. The Hall–Kier alpha value is -1.53. The summed E-state index contributed by atoms with van der Waals surface area (Å²) in [4.78, 5) is 0. The Morgan fingerprint density at radius 3 is 2.75 bits per heavy atom. The Labute approximate surface area is 119 Å². The van der Waals surface area contributed by atoms with Gasteiger partial charge >= 0.3 is 0 Å². The molecule has 0 aliphatic carbocycles. The minimum absolute atomic E-state index is 0.154. The molecule has 1 N–H and O–H groups in total. The van der Waals surface area contributed by atoms with Crippen molar-refractivity contribution in [3.05, 3.63) is 30.0 Å². The van der Waals surface area contributed by atoms with Crippen LogP contribution in [0.4, 0.5) is 0 Å². The smallest absolute Gasteiger partial charge is 0.211 e. The molecule has 0 fully saturated rings. The van der Waals surface area contributed by atoms with E-state index < -0.39 is 10.0 Å². The van der Waals surface area contributed by atoms with E-state index in [9.17, 15) is 8.42 Å². The standard InChI is InChI=1S/C14H20N2O3S/c1-4-7-20(17,18)15-9-11-10-16(2)14-6-5-12(19-3)8-13(11)14/h5-6,8,10,15H,4,7,9H2,1-3H3. The van der Waals surface area contributed by atoms with Gasteiger partial charge in [0.1, 0.15) is 5.75 Å². The third-order valence-electron chi connectivity index (χ3n) is 3.23. The van der Waals surface area contributed by atoms with Crippen LogP contribution in [0.15, 0.2) is 24.4 Å². The maximum Gasteiger partial charge on any atom is 0.211 e. The number of rotatable bonds is 6. The lowest BCUT2D eigenvalue weighted by atomic mass is 10.1. The van der Waals surface area contributed by atoms with Gasteiger partial charge < -0.3 is 9.30 Å². The molecular formula is C14H20N2O3S. The summed E-state index contributed by atoms with van der Waals surface area (Å²) in [5.74, 6) is 0.919. The molecule has 0 radical (unpaired) electrons. The summed E-state index contributed by atoms with van der Waals surface area (Å²) >= 11 is 0. The van der Waals surface area contributed by atoms with E-state index in [0.29, 0.717) is 13.0 Å². The molecule has 0 aliphatic heterocycles. The lowest BCUT2D eigenvalue weighted by molar-refractivity contribution is 0.415. The fourth-order valence-corrected chi connectivity index (χ4v) is 3.31. The maximum atomic E-state index is 11.7. The second kappa shape index (κ2) is 5.85. The Balaban J connectivity index is 2.30. The minimum Gasteiger partial charge on any atom is -0.497 e. The SMILES string of the molecule is CCCS(=O)(=O)NCc1cn(C)c2ccc(OC)cc12. The van der Waals surface area contributed by atoms with Crippen molar-refractivity contribution in [2.24, 2.45) is 7.05 Å². The van der Waals surface area contributed by atoms with Crippen molar-refractivity contribution in [3.8, 4) is 5.75 Å². The molecule has 20 heavy (non-hydrogen) atoms. The molecule has 110 valence electrons. The van der Waals surface area contributed by atoms with Crippen LogP contribution >= 0.6 is 0 Å². The summed E-state index contributed by atoms with van der Waals surface area (Å²) in [5, 5.41) is 1.01. The minimum atomic E-state index is -3.20. The van der Waals surface area contributed by atoms with Gasteiger partial charge in [-0.1, -0.05) is 6.92 Å². The molecular weight excluding hydrogens is 276 g/mol. The van der Waals surface area contributed by atoms with Crippen molar-refractivity contribution < 1.29 is 13.2 Å². The van der Waals surface area contributed by atoms with Crippen molar-refractivity contribution in [3.63, 3.8) is 0 Å². The van der Waals surface area contributed by atoms with Crippen LogP contribution in [0, 0.1) is 0 Å². The first kappa shape index (κ1) is 14.9. The van der Waals surface area contributed by atoms with E-state index in [-0.39, 0.29) is 5.75 Å². The number of nitrogens with one attached hydrogen (secondary N) is 1. The van der Waals surface area contributed by atoms with Gasteiger partial charge in [0.15, 0.2) is 0 Å². The van der Waals surface area contributed by atoms with Crippen LogP contribution in [0.1, 0.15) is 18.9 Å². The third kappa shape index (κ3) is 3.13. The summed E-state index contributed by atoms with van der Waals surface area (Å²) in [6.07, 6.45) is 2.55. The lowest BCUT2D eigenvalue weighted by Crippen LogP contribution is -2.25. The molecule has 2 aromatic rings. The first-order valence-electron chi connectivity index (χ1n) is 6.56. The summed E-state index contributed by atoms with van der Waals surface area (Å²) < 4.78 is 33.3. The van der Waals surface area contributed by atoms with Crippen molar-refractivity contribution in [2.45, 2.75) is 19.9 Å². The number of hydrogen-bond donors (Lipinski definition) is 1. The average molecular weight is 296 g/mol. The predicted molar refractivity (Wildman–Crippen MR) is 80.4 cm³/mol. The van der Waals surface area contributed by atoms with Gasteiger partial charge in [0.2, 0.25) is 10.0 Å². The highest BCUT2D eigenvalue weighted by Gasteiger charge is 2.12. The van der Waals surface area contributed by atoms with E-state index >= 15 is 0 Å². The number of benzene rings is 1. The van der Waals surface area contributed by atoms with Gasteiger partial charge in [0.25, 0.3) is 0 Å². The molecule has 0 atom stereocenters. The summed E-state index contributed by atoms with van der Waals surface area (Å²) in [5.41, 5.74) is 2.00. The van der Waals surface area contributed by atoms with Gasteiger partial charge in [-0.3, -0.25) is 0 Å². The van der Waals surface area contributed by atoms with E-state index in [0.717, 1.165) is 22.2 Å². The molecule has 0 aliphatic rings. The molecule has 0 saturated heterocycles. The highest BCUT2D eigenvalue weighted by atomic mass is 32.2. The van der Waals surface area contributed by atoms with E-state index in [1.165, 1.54) is 0 Å². The van der Waals surface area contributed by atoms with Gasteiger partial charge in [0, 0.05) is 30.7 Å². The van der Waals surface area contributed by atoms with Crippen LogP contribution in [0.2, 0.25) is 0 Å². The number of sulfonamides is 1. The average Bonchev–Trinajstić information content (AvgIpc) is 2.73. The van der Waals surface area contributed by atoms with E-state index in [1.807, 2.05) is 42.9 Å². The zero-order valence-electron chi connectivity index (χ0n) is 12.0. The monoisotopic (exact) mass is 296 g/mol. The van der Waals surface area contributed by atoms with Crippen LogP contribution < -0.4 is 9.46 Å². The van der Waals surface area contributed by atoms with Crippen LogP contribution in [0.3, 0.4) is 0 Å². The van der Waals surface area contributed by atoms with E-state index in [4.69, 9.17) is 4.74 Å². The highest BCUT2D eigenvalue weighted by molar-refractivity contribution is 7.89. The van der Waals surface area contributed by atoms with Crippen LogP contribution in [-0.4, -0.2) is 25.8 Å². The maximum absolute atomic E-state index is 11.7. The fourth-order valence-electron chi connectivity index (χ4n) is 2.25. The fraction of sp³-hybridized carbons (Fsp3) is 0.429. The van der Waals surface area contributed by atoms with Gasteiger partial charge in [-0.25, -0.2) is 13.1 Å². The number of aromatic nitrogens is 1. The quantitative estimate of drug-likeness (QED) is 0.887. The largest absolute Gasteiger partial charge is 0.497 e. The van der Waals surface area contributed by atoms with Crippen molar-refractivity contribution in [2.75, 3.05) is 12.9 Å². The molecule has 2 rings (SSSR count). The van der Waals surface area contributed by atoms with E-state index in [2.05, 4.69) is 4.72 Å². The van der Waals surface area contributed by atoms with Gasteiger partial charge in [0.05, 0.1) is 12.9 Å². The molecule has 6 heteroatoms. The second-order valence-electron chi connectivity index (χ2n) is 4.79. The van der Waals surface area contributed by atoms with Crippen LogP contribution in [-0.2, 0) is 23.6 Å². The van der Waals surface area contributed by atoms with Crippen molar-refractivity contribution >= 4 is 20.9 Å². The Morgan fingerprint density at radius 1 is 1.35 bits per heavy atom. The summed E-state index contributed by atoms with van der Waals surface area (Å²) in [7, 11) is 0.367. The first-order chi connectivity index (χ1) is 9.46. The summed E-state index contributed by atoms with van der Waals surface area (Å²) in [6.45, 7) is 2.15. The van der Waals surface area contributed by atoms with Gasteiger partial charge in [-0.2, -0.15) is 0 Å². The topological polar surface area (TPSA) is 60.3 Å². The number of hydrogen-bond acceptors (Lipinski definition) is 3. The molecule has 0 spiro atoms. The van der Waals surface area contributed by atoms with Gasteiger partial charge in [-0.15, -0.1) is 0 Å². The first-order valence-corrected chi connectivity index (χ1v) is 8.21. The number of methoxy groups -OCH3 is 1. The number of fused-ring (bicyclic) bond motifs is 1. The highest BCUT2D eigenvalue weighted by Crippen LogP contribution is 2.25. The molecule has 0 bridgehead atoms. The molecule has 1 heterocycles. The third-order valence-corrected chi connectivity index (χ3v) is 4.76. The lowest BCUT2D eigenvalue weighted by Gasteiger charge is -2.05. The molecule has 0 saturated carbocycles. The van der Waals surface area contributed by atoms with Crippen LogP contribution in [0.25, 0.3) is 10.9 Å². The van der Waals surface area contributed by atoms with Crippen molar-refractivity contribution in [1.82, 2.24) is 9.29 Å². The molecule has 0 unspecified atom stereocenters. The molecule has 0 amide bonds. The predicted octanol–water partition coefficient (Wildman–Crippen LogP) is 2.02. The molecule has 1 aromatic carbocycles. The second-order valence-corrected chi connectivity index (χ2v) is 6.71. The summed E-state index contributed by atoms with van der Waals surface area (Å²) in [6, 6.07) is 5.80. The Morgan fingerprint density at radius 2 is 2.10 bits per heavy atom. The molecule has 1 aromatic heterocycles. The van der Waals surface area contributed by atoms with E-state index in [1.54, 1.807) is 7.11 Å². The Kier molecular flexibility index (Phi) is 4.35. The Bertz CT molecular complexity index is 705. The molecule has 5 nitrogen and oxygen atoms in total. The normalized spacial score (nSPS) is 11.9. The number of aryl methyl sites for hydroxylation is 1. The zero-order chi connectivity index (χ0) is 14.8. The van der Waals surface area contributed by atoms with Gasteiger partial charge in [-0.05, 0) is 30.2 Å². The van der Waals surface area contributed by atoms with Crippen molar-refractivity contribution in [1.29, 1.82) is 0 Å². The number of ether oxygens (including phenoxy) is 1.